The second-order valence-corrected chi connectivity index (χ2v) is 3.70. The highest BCUT2D eigenvalue weighted by atomic mass is 35.5. The Morgan fingerprint density at radius 3 is 2.59 bits per heavy atom. The summed E-state index contributed by atoms with van der Waals surface area (Å²) < 4.78 is 0. The molecule has 0 aliphatic rings. The predicted molar refractivity (Wildman–Crippen MR) is 62.0 cm³/mol. The summed E-state index contributed by atoms with van der Waals surface area (Å²) in [4.78, 5) is 19.3. The van der Waals surface area contributed by atoms with Crippen LogP contribution in [0.1, 0.15) is 10.4 Å². The van der Waals surface area contributed by atoms with Gasteiger partial charge in [-0.1, -0.05) is 23.2 Å². The molecule has 2 aromatic heterocycles. The summed E-state index contributed by atoms with van der Waals surface area (Å²) in [5.41, 5.74) is 0.581. The number of hydrogen-bond acceptors (Lipinski definition) is 5. The van der Waals surface area contributed by atoms with Crippen molar-refractivity contribution in [2.75, 3.05) is 5.32 Å². The Kier molecular flexibility index (Phi) is 3.46. The molecule has 0 bridgehead atoms. The van der Waals surface area contributed by atoms with Crippen molar-refractivity contribution >= 4 is 34.8 Å². The van der Waals surface area contributed by atoms with Crippen LogP contribution in [0, 0.1) is 0 Å². The number of nitrogens with one attached hydrogen (secondary N) is 1. The van der Waals surface area contributed by atoms with E-state index in [1.165, 1.54) is 24.8 Å². The number of aromatic nitrogens is 4. The number of amides is 1. The second-order valence-electron chi connectivity index (χ2n) is 2.95. The lowest BCUT2D eigenvalue weighted by Gasteiger charge is -2.04. The fourth-order valence-corrected chi connectivity index (χ4v) is 1.40. The molecule has 0 atom stereocenters. The van der Waals surface area contributed by atoms with Crippen LogP contribution in [0.3, 0.4) is 0 Å². The van der Waals surface area contributed by atoms with Gasteiger partial charge in [0.1, 0.15) is 6.33 Å². The number of rotatable bonds is 2. The molecule has 0 spiro atoms. The van der Waals surface area contributed by atoms with Crippen molar-refractivity contribution < 1.29 is 4.79 Å². The zero-order chi connectivity index (χ0) is 12.3. The van der Waals surface area contributed by atoms with Gasteiger partial charge in [-0.3, -0.25) is 4.79 Å². The Bertz CT molecular complexity index is 548. The third-order valence-corrected chi connectivity index (χ3v) is 2.25. The third-order valence-electron chi connectivity index (χ3n) is 1.78. The van der Waals surface area contributed by atoms with Crippen molar-refractivity contribution in [2.24, 2.45) is 0 Å². The largest absolute Gasteiger partial charge is 0.319 e. The molecule has 17 heavy (non-hydrogen) atoms. The highest BCUT2D eigenvalue weighted by molar-refractivity contribution is 6.34. The lowest BCUT2D eigenvalue weighted by atomic mass is 10.3. The maximum atomic E-state index is 11.8. The summed E-state index contributed by atoms with van der Waals surface area (Å²) in [5, 5.41) is 9.65. The molecule has 1 N–H and O–H groups in total. The summed E-state index contributed by atoms with van der Waals surface area (Å²) >= 11 is 11.4. The molecule has 1 amide bonds. The molecule has 0 saturated heterocycles. The average molecular weight is 270 g/mol. The van der Waals surface area contributed by atoms with E-state index in [9.17, 15) is 4.79 Å². The molecular weight excluding hydrogens is 265 g/mol. The van der Waals surface area contributed by atoms with Gasteiger partial charge in [-0.15, -0.1) is 10.2 Å². The number of carbonyl (C=O) groups is 1. The number of halogens is 2. The summed E-state index contributed by atoms with van der Waals surface area (Å²) in [6.45, 7) is 0. The van der Waals surface area contributed by atoms with Crippen LogP contribution in [0.2, 0.25) is 10.3 Å². The first-order chi connectivity index (χ1) is 8.16. The van der Waals surface area contributed by atoms with E-state index in [-0.39, 0.29) is 15.9 Å². The van der Waals surface area contributed by atoms with E-state index in [1.807, 2.05) is 0 Å². The van der Waals surface area contributed by atoms with Gasteiger partial charge in [0.15, 0.2) is 10.3 Å². The van der Waals surface area contributed by atoms with E-state index in [1.54, 1.807) is 0 Å². The summed E-state index contributed by atoms with van der Waals surface area (Å²) in [7, 11) is 0. The normalized spacial score (nSPS) is 10.0. The first-order valence-electron chi connectivity index (χ1n) is 4.42. The van der Waals surface area contributed by atoms with E-state index in [2.05, 4.69) is 25.5 Å². The van der Waals surface area contributed by atoms with Crippen LogP contribution >= 0.6 is 23.2 Å². The van der Waals surface area contributed by atoms with Gasteiger partial charge < -0.3 is 5.32 Å². The molecule has 0 aliphatic carbocycles. The van der Waals surface area contributed by atoms with Crippen molar-refractivity contribution in [3.05, 3.63) is 40.7 Å². The number of carbonyl (C=O) groups excluding carboxylic acids is 1. The van der Waals surface area contributed by atoms with Crippen LogP contribution in [0.25, 0.3) is 0 Å². The van der Waals surface area contributed by atoms with Crippen LogP contribution in [-0.2, 0) is 0 Å². The highest BCUT2D eigenvalue weighted by Crippen LogP contribution is 2.16. The minimum absolute atomic E-state index is 0.0243. The van der Waals surface area contributed by atoms with Crippen molar-refractivity contribution in [3.63, 3.8) is 0 Å². The Hall–Kier alpha value is -1.79. The molecule has 6 nitrogen and oxygen atoms in total. The van der Waals surface area contributed by atoms with Gasteiger partial charge in [0.05, 0.1) is 23.6 Å². The summed E-state index contributed by atoms with van der Waals surface area (Å²) in [6, 6.07) is 1.33. The van der Waals surface area contributed by atoms with E-state index >= 15 is 0 Å². The Morgan fingerprint density at radius 1 is 1.18 bits per heavy atom. The van der Waals surface area contributed by atoms with Crippen LogP contribution in [-0.4, -0.2) is 26.1 Å². The zero-order valence-corrected chi connectivity index (χ0v) is 9.77. The lowest BCUT2D eigenvalue weighted by Crippen LogP contribution is -2.13. The van der Waals surface area contributed by atoms with Crippen molar-refractivity contribution in [2.45, 2.75) is 0 Å². The minimum atomic E-state index is -0.457. The molecule has 0 aromatic carbocycles. The Morgan fingerprint density at radius 2 is 1.88 bits per heavy atom. The molecule has 0 fully saturated rings. The van der Waals surface area contributed by atoms with E-state index in [4.69, 9.17) is 23.2 Å². The molecule has 0 radical (unpaired) electrons. The number of anilines is 1. The van der Waals surface area contributed by atoms with Gasteiger partial charge in [-0.2, -0.15) is 0 Å². The fraction of sp³-hybridized carbons (Fsp3) is 0. The van der Waals surface area contributed by atoms with Crippen molar-refractivity contribution in [1.82, 2.24) is 20.2 Å². The molecule has 2 aromatic rings. The van der Waals surface area contributed by atoms with E-state index in [0.29, 0.717) is 5.69 Å². The second kappa shape index (κ2) is 5.03. The van der Waals surface area contributed by atoms with Crippen LogP contribution in [0.4, 0.5) is 5.69 Å². The van der Waals surface area contributed by atoms with Crippen LogP contribution in [0.5, 0.6) is 0 Å². The Labute approximate surface area is 106 Å². The molecule has 0 unspecified atom stereocenters. The Balaban J connectivity index is 2.23. The molecule has 0 aliphatic heterocycles. The van der Waals surface area contributed by atoms with Gasteiger partial charge in [0, 0.05) is 0 Å². The standard InChI is InChI=1S/C9H5Cl2N5O/c10-7-1-6(8(11)16-15-7)9(17)14-5-2-12-4-13-3-5/h1-4H,(H,14,17). The summed E-state index contributed by atoms with van der Waals surface area (Å²) in [6.07, 6.45) is 4.26. The van der Waals surface area contributed by atoms with Gasteiger partial charge in [0.2, 0.25) is 0 Å². The maximum absolute atomic E-state index is 11.8. The number of hydrogen-bond donors (Lipinski definition) is 1. The average Bonchev–Trinajstić information content (AvgIpc) is 2.33. The molecule has 0 saturated carbocycles. The molecule has 2 rings (SSSR count). The topological polar surface area (TPSA) is 80.7 Å². The SMILES string of the molecule is O=C(Nc1cncnc1)c1cc(Cl)nnc1Cl. The van der Waals surface area contributed by atoms with Crippen LogP contribution < -0.4 is 5.32 Å². The number of nitrogens with zero attached hydrogens (tertiary/aromatic N) is 4. The van der Waals surface area contributed by atoms with Crippen LogP contribution in [0.15, 0.2) is 24.8 Å². The first kappa shape index (κ1) is 11.7. The van der Waals surface area contributed by atoms with Gasteiger partial charge >= 0.3 is 0 Å². The lowest BCUT2D eigenvalue weighted by molar-refractivity contribution is 0.102. The van der Waals surface area contributed by atoms with Gasteiger partial charge in [-0.25, -0.2) is 9.97 Å². The first-order valence-corrected chi connectivity index (χ1v) is 5.17. The van der Waals surface area contributed by atoms with Crippen molar-refractivity contribution in [3.8, 4) is 0 Å². The molecule has 8 heteroatoms. The smallest absolute Gasteiger partial charge is 0.259 e. The quantitative estimate of drug-likeness (QED) is 0.900. The monoisotopic (exact) mass is 269 g/mol. The maximum Gasteiger partial charge on any atom is 0.259 e. The fourth-order valence-electron chi connectivity index (χ4n) is 1.07. The van der Waals surface area contributed by atoms with Gasteiger partial charge in [-0.05, 0) is 6.07 Å². The molecule has 86 valence electrons. The van der Waals surface area contributed by atoms with Gasteiger partial charge in [0.25, 0.3) is 5.91 Å². The zero-order valence-electron chi connectivity index (χ0n) is 8.26. The molecule has 2 heterocycles. The van der Waals surface area contributed by atoms with E-state index < -0.39 is 5.91 Å². The minimum Gasteiger partial charge on any atom is -0.319 e. The highest BCUT2D eigenvalue weighted by Gasteiger charge is 2.13. The summed E-state index contributed by atoms with van der Waals surface area (Å²) in [5.74, 6) is -0.457. The van der Waals surface area contributed by atoms with E-state index in [0.717, 1.165) is 0 Å². The van der Waals surface area contributed by atoms with Crippen molar-refractivity contribution in [1.29, 1.82) is 0 Å². The predicted octanol–water partition coefficient (Wildman–Crippen LogP) is 1.83. The molecular formula is C9H5Cl2N5O. The third kappa shape index (κ3) is 2.86.